The first-order valence-electron chi connectivity index (χ1n) is 8.43. The van der Waals surface area contributed by atoms with Gasteiger partial charge in [-0.15, -0.1) is 0 Å². The van der Waals surface area contributed by atoms with E-state index in [1.54, 1.807) is 24.3 Å². The zero-order valence-electron chi connectivity index (χ0n) is 14.6. The summed E-state index contributed by atoms with van der Waals surface area (Å²) in [7, 11) is 0. The molecule has 0 radical (unpaired) electrons. The Hall–Kier alpha value is -3.68. The summed E-state index contributed by atoms with van der Waals surface area (Å²) >= 11 is 0. The fraction of sp³-hybridized carbons (Fsp3) is 0.158. The van der Waals surface area contributed by atoms with Crippen LogP contribution in [0.25, 0.3) is 5.65 Å². The number of benzene rings is 1. The van der Waals surface area contributed by atoms with Crippen LogP contribution in [0.4, 0.5) is 10.5 Å². The third-order valence-electron chi connectivity index (χ3n) is 4.31. The number of anilines is 1. The van der Waals surface area contributed by atoms with Crippen molar-refractivity contribution in [2.75, 3.05) is 11.4 Å². The maximum absolute atomic E-state index is 12.3. The Labute approximate surface area is 154 Å². The molecule has 4 amide bonds. The summed E-state index contributed by atoms with van der Waals surface area (Å²) in [6.45, 7) is 2.30. The molecule has 0 saturated carbocycles. The van der Waals surface area contributed by atoms with Gasteiger partial charge in [-0.3, -0.25) is 19.8 Å². The molecule has 3 aromatic rings. The number of aryl methyl sites for hydroxylation is 1. The fourth-order valence-corrected chi connectivity index (χ4v) is 2.96. The third kappa shape index (κ3) is 3.37. The number of pyridine rings is 1. The molecule has 0 bridgehead atoms. The van der Waals surface area contributed by atoms with Crippen LogP contribution in [0.3, 0.4) is 0 Å². The van der Waals surface area contributed by atoms with Gasteiger partial charge in [-0.05, 0) is 42.8 Å². The average molecular weight is 363 g/mol. The lowest BCUT2D eigenvalue weighted by atomic mass is 10.2. The highest BCUT2D eigenvalue weighted by molar-refractivity contribution is 6.12. The van der Waals surface area contributed by atoms with Gasteiger partial charge in [-0.25, -0.2) is 9.78 Å². The van der Waals surface area contributed by atoms with Crippen LogP contribution in [0.5, 0.6) is 0 Å². The van der Waals surface area contributed by atoms with Gasteiger partial charge >= 0.3 is 6.03 Å². The second kappa shape index (κ2) is 6.56. The first-order chi connectivity index (χ1) is 13.0. The number of hydrogen-bond donors (Lipinski definition) is 2. The highest BCUT2D eigenvalue weighted by atomic mass is 16.2. The number of nitrogens with one attached hydrogen (secondary N) is 2. The summed E-state index contributed by atoms with van der Waals surface area (Å²) in [5.74, 6) is -0.582. The molecule has 8 heteroatoms. The number of imide groups is 1. The van der Waals surface area contributed by atoms with Crippen molar-refractivity contribution in [1.29, 1.82) is 0 Å². The number of hydrogen-bond acceptors (Lipinski definition) is 4. The van der Waals surface area contributed by atoms with E-state index in [0.29, 0.717) is 17.8 Å². The van der Waals surface area contributed by atoms with Gasteiger partial charge in [0.1, 0.15) is 12.2 Å². The van der Waals surface area contributed by atoms with Crippen LogP contribution >= 0.6 is 0 Å². The first kappa shape index (κ1) is 16.8. The minimum atomic E-state index is -0.459. The number of carbonyl (C=O) groups is 3. The molecule has 1 aliphatic rings. The van der Waals surface area contributed by atoms with E-state index in [0.717, 1.165) is 16.9 Å². The minimum Gasteiger partial charge on any atom is -0.346 e. The van der Waals surface area contributed by atoms with Crippen LogP contribution < -0.4 is 15.5 Å². The van der Waals surface area contributed by atoms with E-state index in [-0.39, 0.29) is 18.4 Å². The molecule has 0 atom stereocenters. The Balaban J connectivity index is 1.41. The maximum Gasteiger partial charge on any atom is 0.329 e. The molecule has 1 aromatic carbocycles. The first-order valence-corrected chi connectivity index (χ1v) is 8.43. The van der Waals surface area contributed by atoms with E-state index in [4.69, 9.17) is 0 Å². The average Bonchev–Trinajstić information content (AvgIpc) is 3.21. The lowest BCUT2D eigenvalue weighted by Gasteiger charge is -2.13. The zero-order valence-corrected chi connectivity index (χ0v) is 14.6. The topological polar surface area (TPSA) is 95.8 Å². The number of carbonyl (C=O) groups excluding carboxylic acids is 3. The lowest BCUT2D eigenvalue weighted by molar-refractivity contribution is -0.117. The highest BCUT2D eigenvalue weighted by Gasteiger charge is 2.27. The second-order valence-electron chi connectivity index (χ2n) is 6.37. The molecule has 2 N–H and O–H groups in total. The molecule has 8 nitrogen and oxygen atoms in total. The van der Waals surface area contributed by atoms with E-state index in [9.17, 15) is 14.4 Å². The molecular formula is C19H17N5O3. The standard InChI is InChI=1S/C19H17N5O3/c1-12-2-7-16-21-14(10-23(16)9-12)8-20-18(26)13-3-5-15(6-4-13)24-11-17(25)22-19(24)27/h2-7,9-10H,8,11H2,1H3,(H,20,26)(H,22,25,27). The number of fused-ring (bicyclic) bond motifs is 1. The predicted molar refractivity (Wildman–Crippen MR) is 98.4 cm³/mol. The Kier molecular flexibility index (Phi) is 4.08. The smallest absolute Gasteiger partial charge is 0.329 e. The van der Waals surface area contributed by atoms with Gasteiger partial charge in [0.05, 0.1) is 12.2 Å². The van der Waals surface area contributed by atoms with Gasteiger partial charge < -0.3 is 9.72 Å². The van der Waals surface area contributed by atoms with E-state index >= 15 is 0 Å². The molecule has 136 valence electrons. The largest absolute Gasteiger partial charge is 0.346 e. The van der Waals surface area contributed by atoms with Crippen molar-refractivity contribution < 1.29 is 14.4 Å². The number of amides is 4. The molecule has 0 spiro atoms. The highest BCUT2D eigenvalue weighted by Crippen LogP contribution is 2.17. The number of urea groups is 1. The molecule has 27 heavy (non-hydrogen) atoms. The summed E-state index contributed by atoms with van der Waals surface area (Å²) in [5, 5.41) is 5.05. The maximum atomic E-state index is 12.3. The SMILES string of the molecule is Cc1ccc2nc(CNC(=O)c3ccc(N4CC(=O)NC4=O)cc3)cn2c1. The van der Waals surface area contributed by atoms with Gasteiger partial charge in [-0.2, -0.15) is 0 Å². The number of aromatic nitrogens is 2. The zero-order chi connectivity index (χ0) is 19.0. The normalized spacial score (nSPS) is 13.9. The molecule has 0 unspecified atom stereocenters. The van der Waals surface area contributed by atoms with Gasteiger partial charge in [0.2, 0.25) is 5.91 Å². The number of imidazole rings is 1. The molecular weight excluding hydrogens is 346 g/mol. The lowest BCUT2D eigenvalue weighted by Crippen LogP contribution is -2.28. The van der Waals surface area contributed by atoms with Crippen molar-refractivity contribution in [3.05, 3.63) is 65.6 Å². The predicted octanol–water partition coefficient (Wildman–Crippen LogP) is 1.63. The molecule has 1 fully saturated rings. The molecule has 1 aliphatic heterocycles. The Bertz CT molecular complexity index is 1050. The molecule has 0 aliphatic carbocycles. The molecule has 1 saturated heterocycles. The molecule has 4 rings (SSSR count). The fourth-order valence-electron chi connectivity index (χ4n) is 2.96. The molecule has 3 heterocycles. The van der Waals surface area contributed by atoms with Crippen LogP contribution in [-0.2, 0) is 11.3 Å². The van der Waals surface area contributed by atoms with Crippen LogP contribution in [0.2, 0.25) is 0 Å². The number of nitrogens with zero attached hydrogens (tertiary/aromatic N) is 3. The van der Waals surface area contributed by atoms with Crippen molar-refractivity contribution in [2.24, 2.45) is 0 Å². The molecule has 2 aromatic heterocycles. The Morgan fingerprint density at radius 3 is 2.63 bits per heavy atom. The van der Waals surface area contributed by atoms with Crippen molar-refractivity contribution in [1.82, 2.24) is 20.0 Å². The van der Waals surface area contributed by atoms with Gasteiger partial charge in [-0.1, -0.05) is 6.07 Å². The summed E-state index contributed by atoms with van der Waals surface area (Å²) in [4.78, 5) is 41.1. The minimum absolute atomic E-state index is 0.0161. The third-order valence-corrected chi connectivity index (χ3v) is 4.31. The van der Waals surface area contributed by atoms with Crippen LogP contribution in [0.1, 0.15) is 21.6 Å². The van der Waals surface area contributed by atoms with Crippen LogP contribution in [-0.4, -0.2) is 33.8 Å². The quantitative estimate of drug-likeness (QED) is 0.689. The van der Waals surface area contributed by atoms with Crippen molar-refractivity contribution >= 4 is 29.2 Å². The number of rotatable bonds is 4. The monoisotopic (exact) mass is 363 g/mol. The van der Waals surface area contributed by atoms with E-state index in [2.05, 4.69) is 15.6 Å². The van der Waals surface area contributed by atoms with E-state index in [1.807, 2.05) is 35.9 Å². The van der Waals surface area contributed by atoms with Gasteiger partial charge in [0.15, 0.2) is 0 Å². The Morgan fingerprint density at radius 1 is 1.15 bits per heavy atom. The summed E-state index contributed by atoms with van der Waals surface area (Å²) in [5.41, 5.74) is 3.74. The van der Waals surface area contributed by atoms with Crippen molar-refractivity contribution in [3.63, 3.8) is 0 Å². The summed E-state index contributed by atoms with van der Waals surface area (Å²) in [6.07, 6.45) is 3.86. The summed E-state index contributed by atoms with van der Waals surface area (Å²) < 4.78 is 1.92. The second-order valence-corrected chi connectivity index (χ2v) is 6.37. The van der Waals surface area contributed by atoms with Crippen molar-refractivity contribution in [2.45, 2.75) is 13.5 Å². The van der Waals surface area contributed by atoms with Crippen LogP contribution in [0.15, 0.2) is 48.8 Å². The van der Waals surface area contributed by atoms with Crippen molar-refractivity contribution in [3.8, 4) is 0 Å². The van der Waals surface area contributed by atoms with Crippen LogP contribution in [0, 0.1) is 6.92 Å². The summed E-state index contributed by atoms with van der Waals surface area (Å²) in [6, 6.07) is 9.97. The van der Waals surface area contributed by atoms with E-state index < -0.39 is 6.03 Å². The van der Waals surface area contributed by atoms with Gasteiger partial charge in [0, 0.05) is 23.6 Å². The Morgan fingerprint density at radius 2 is 1.93 bits per heavy atom. The van der Waals surface area contributed by atoms with Gasteiger partial charge in [0.25, 0.3) is 5.91 Å². The van der Waals surface area contributed by atoms with E-state index in [1.165, 1.54) is 4.90 Å².